The lowest BCUT2D eigenvalue weighted by Crippen LogP contribution is -2.32. The van der Waals surface area contributed by atoms with Crippen LogP contribution in [0, 0.1) is 0 Å². The second-order valence-electron chi connectivity index (χ2n) is 3.63. The summed E-state index contributed by atoms with van der Waals surface area (Å²) in [7, 11) is 1.72. The molecule has 2 nitrogen and oxygen atoms in total. The summed E-state index contributed by atoms with van der Waals surface area (Å²) in [6.07, 6.45) is -3.08. The predicted molar refractivity (Wildman–Crippen MR) is 51.1 cm³/mol. The van der Waals surface area contributed by atoms with Crippen molar-refractivity contribution in [1.82, 2.24) is 4.90 Å². The van der Waals surface area contributed by atoms with E-state index in [-0.39, 0.29) is 12.6 Å². The lowest BCUT2D eigenvalue weighted by molar-refractivity contribution is -0.138. The number of halogens is 3. The molecule has 0 rings (SSSR count). The molecular formula is C9H19F3N2. The van der Waals surface area contributed by atoms with Gasteiger partial charge in [-0.2, -0.15) is 13.2 Å². The summed E-state index contributed by atoms with van der Waals surface area (Å²) < 4.78 is 35.7. The number of alkyl halides is 3. The van der Waals surface area contributed by atoms with Crippen molar-refractivity contribution >= 4 is 0 Å². The van der Waals surface area contributed by atoms with Gasteiger partial charge in [-0.15, -0.1) is 0 Å². The predicted octanol–water partition coefficient (Wildman–Crippen LogP) is 2.00. The molecule has 0 heterocycles. The molecule has 0 bridgehead atoms. The zero-order valence-corrected chi connectivity index (χ0v) is 8.77. The minimum atomic E-state index is -4.05. The van der Waals surface area contributed by atoms with Gasteiger partial charge in [-0.25, -0.2) is 0 Å². The fraction of sp³-hybridized carbons (Fsp3) is 1.00. The van der Waals surface area contributed by atoms with E-state index in [9.17, 15) is 13.2 Å². The van der Waals surface area contributed by atoms with Crippen LogP contribution in [0.2, 0.25) is 0 Å². The normalized spacial score (nSPS) is 14.8. The quantitative estimate of drug-likeness (QED) is 0.729. The molecule has 0 aromatic rings. The van der Waals surface area contributed by atoms with Gasteiger partial charge in [0, 0.05) is 12.6 Å². The molecule has 0 fully saturated rings. The first-order valence-electron chi connectivity index (χ1n) is 4.84. The zero-order valence-electron chi connectivity index (χ0n) is 8.77. The van der Waals surface area contributed by atoms with E-state index in [0.717, 1.165) is 12.8 Å². The third kappa shape index (κ3) is 7.15. The van der Waals surface area contributed by atoms with E-state index in [0.29, 0.717) is 6.54 Å². The molecule has 0 aromatic heterocycles. The highest BCUT2D eigenvalue weighted by molar-refractivity contribution is 4.65. The van der Waals surface area contributed by atoms with Crippen LogP contribution in [0.25, 0.3) is 0 Å². The maximum absolute atomic E-state index is 11.9. The number of hydrogen-bond acceptors (Lipinski definition) is 2. The van der Waals surface area contributed by atoms with Crippen molar-refractivity contribution < 1.29 is 13.2 Å². The van der Waals surface area contributed by atoms with Gasteiger partial charge in [-0.3, -0.25) is 0 Å². The third-order valence-corrected chi connectivity index (χ3v) is 2.33. The van der Waals surface area contributed by atoms with Crippen molar-refractivity contribution in [2.45, 2.75) is 38.4 Å². The molecular weight excluding hydrogens is 193 g/mol. The van der Waals surface area contributed by atoms with Crippen molar-refractivity contribution in [1.29, 1.82) is 0 Å². The van der Waals surface area contributed by atoms with Crippen LogP contribution in [-0.2, 0) is 0 Å². The first-order chi connectivity index (χ1) is 6.37. The third-order valence-electron chi connectivity index (χ3n) is 2.33. The van der Waals surface area contributed by atoms with E-state index in [1.54, 1.807) is 11.9 Å². The van der Waals surface area contributed by atoms with Crippen molar-refractivity contribution in [2.75, 3.05) is 20.1 Å². The van der Waals surface area contributed by atoms with E-state index in [4.69, 9.17) is 5.73 Å². The molecule has 0 amide bonds. The molecule has 5 heteroatoms. The van der Waals surface area contributed by atoms with Gasteiger partial charge in [-0.1, -0.05) is 0 Å². The molecule has 0 saturated carbocycles. The van der Waals surface area contributed by atoms with Crippen molar-refractivity contribution in [2.24, 2.45) is 5.73 Å². The summed E-state index contributed by atoms with van der Waals surface area (Å²) in [5.74, 6) is 0. The maximum atomic E-state index is 11.9. The summed E-state index contributed by atoms with van der Waals surface area (Å²) in [4.78, 5) is 1.73. The van der Waals surface area contributed by atoms with Crippen LogP contribution in [0.5, 0.6) is 0 Å². The van der Waals surface area contributed by atoms with Gasteiger partial charge in [0.05, 0.1) is 6.42 Å². The van der Waals surface area contributed by atoms with Gasteiger partial charge < -0.3 is 10.6 Å². The molecule has 0 spiro atoms. The molecule has 0 aromatic carbocycles. The fourth-order valence-corrected chi connectivity index (χ4v) is 1.16. The number of rotatable bonds is 6. The van der Waals surface area contributed by atoms with Gasteiger partial charge in [0.1, 0.15) is 0 Å². The van der Waals surface area contributed by atoms with Crippen LogP contribution in [-0.4, -0.2) is 37.3 Å². The molecule has 1 atom stereocenters. The SMILES string of the molecule is CC(CCCN)N(C)CCC(F)(F)F. The van der Waals surface area contributed by atoms with E-state index >= 15 is 0 Å². The molecule has 0 aliphatic rings. The average molecular weight is 212 g/mol. The smallest absolute Gasteiger partial charge is 0.330 e. The molecule has 2 N–H and O–H groups in total. The van der Waals surface area contributed by atoms with Crippen molar-refractivity contribution in [3.8, 4) is 0 Å². The summed E-state index contributed by atoms with van der Waals surface area (Å²) in [5, 5.41) is 0. The summed E-state index contributed by atoms with van der Waals surface area (Å²) in [5.41, 5.74) is 5.32. The number of hydrogen-bond donors (Lipinski definition) is 1. The second kappa shape index (κ2) is 6.24. The molecule has 0 saturated heterocycles. The molecule has 14 heavy (non-hydrogen) atoms. The van der Waals surface area contributed by atoms with Gasteiger partial charge >= 0.3 is 6.18 Å². The van der Waals surface area contributed by atoms with Crippen LogP contribution in [0.15, 0.2) is 0 Å². The lowest BCUT2D eigenvalue weighted by atomic mass is 10.1. The molecule has 0 aliphatic heterocycles. The van der Waals surface area contributed by atoms with Gasteiger partial charge in [0.15, 0.2) is 0 Å². The Kier molecular flexibility index (Phi) is 6.11. The number of nitrogens with zero attached hydrogens (tertiary/aromatic N) is 1. The van der Waals surface area contributed by atoms with Crippen LogP contribution in [0.3, 0.4) is 0 Å². The van der Waals surface area contributed by atoms with E-state index in [1.807, 2.05) is 6.92 Å². The summed E-state index contributed by atoms with van der Waals surface area (Å²) >= 11 is 0. The molecule has 0 aliphatic carbocycles. The molecule has 86 valence electrons. The first kappa shape index (κ1) is 13.7. The van der Waals surface area contributed by atoms with Crippen LogP contribution >= 0.6 is 0 Å². The summed E-state index contributed by atoms with van der Waals surface area (Å²) in [6, 6.07) is 0.167. The summed E-state index contributed by atoms with van der Waals surface area (Å²) in [6.45, 7) is 2.58. The van der Waals surface area contributed by atoms with Gasteiger partial charge in [0.2, 0.25) is 0 Å². The number of nitrogens with two attached hydrogens (primary N) is 1. The Labute approximate surface area is 83.3 Å². The molecule has 0 radical (unpaired) electrons. The first-order valence-corrected chi connectivity index (χ1v) is 4.84. The average Bonchev–Trinajstić information content (AvgIpc) is 2.09. The lowest BCUT2D eigenvalue weighted by Gasteiger charge is -2.24. The topological polar surface area (TPSA) is 29.3 Å². The highest BCUT2D eigenvalue weighted by atomic mass is 19.4. The highest BCUT2D eigenvalue weighted by Crippen LogP contribution is 2.20. The van der Waals surface area contributed by atoms with Crippen LogP contribution in [0.4, 0.5) is 13.2 Å². The minimum Gasteiger partial charge on any atom is -0.330 e. The Balaban J connectivity index is 3.67. The van der Waals surface area contributed by atoms with Crippen molar-refractivity contribution in [3.05, 3.63) is 0 Å². The monoisotopic (exact) mass is 212 g/mol. The maximum Gasteiger partial charge on any atom is 0.390 e. The van der Waals surface area contributed by atoms with Gasteiger partial charge in [0.25, 0.3) is 0 Å². The van der Waals surface area contributed by atoms with E-state index < -0.39 is 12.6 Å². The van der Waals surface area contributed by atoms with Crippen LogP contribution in [0.1, 0.15) is 26.2 Å². The standard InChI is InChI=1S/C9H19F3N2/c1-8(4-3-6-13)14(2)7-5-9(10,11)12/h8H,3-7,13H2,1-2H3. The Morgan fingerprint density at radius 1 is 1.36 bits per heavy atom. The largest absolute Gasteiger partial charge is 0.390 e. The fourth-order valence-electron chi connectivity index (χ4n) is 1.16. The Morgan fingerprint density at radius 2 is 1.93 bits per heavy atom. The van der Waals surface area contributed by atoms with Gasteiger partial charge in [-0.05, 0) is 33.4 Å². The van der Waals surface area contributed by atoms with E-state index in [2.05, 4.69) is 0 Å². The Morgan fingerprint density at radius 3 is 2.36 bits per heavy atom. The molecule has 1 unspecified atom stereocenters. The zero-order chi connectivity index (χ0) is 11.2. The second-order valence-corrected chi connectivity index (χ2v) is 3.63. The van der Waals surface area contributed by atoms with E-state index in [1.165, 1.54) is 0 Å². The Bertz CT molecular complexity index is 147. The van der Waals surface area contributed by atoms with Crippen molar-refractivity contribution in [3.63, 3.8) is 0 Å². The highest BCUT2D eigenvalue weighted by Gasteiger charge is 2.27. The van der Waals surface area contributed by atoms with Crippen LogP contribution < -0.4 is 5.73 Å². The Hall–Kier alpha value is -0.290. The minimum absolute atomic E-state index is 0.0647.